The summed E-state index contributed by atoms with van der Waals surface area (Å²) in [6, 6.07) is 0. The molecule has 0 bridgehead atoms. The van der Waals surface area contributed by atoms with Crippen molar-refractivity contribution < 1.29 is 3.79 Å². The van der Waals surface area contributed by atoms with Crippen LogP contribution >= 0.6 is 0 Å². The van der Waals surface area contributed by atoms with E-state index in [9.17, 15) is 0 Å². The first kappa shape index (κ1) is 15.4. The van der Waals surface area contributed by atoms with E-state index in [4.69, 9.17) is 3.79 Å². The molecule has 0 heterocycles. The Hall–Kier alpha value is 0.895. The van der Waals surface area contributed by atoms with Crippen LogP contribution in [0.3, 0.4) is 0 Å². The van der Waals surface area contributed by atoms with Gasteiger partial charge in [-0.3, -0.25) is 0 Å². The van der Waals surface area contributed by atoms with E-state index in [0.717, 1.165) is 5.92 Å². The summed E-state index contributed by atoms with van der Waals surface area (Å²) in [7, 11) is 0. The van der Waals surface area contributed by atoms with Crippen LogP contribution in [0.2, 0.25) is 5.79 Å². The Labute approximate surface area is 90.2 Å². The molecule has 0 radical (unpaired) electrons. The first-order valence-electron chi connectivity index (χ1n) is 4.82. The molecule has 0 saturated heterocycles. The summed E-state index contributed by atoms with van der Waals surface area (Å²) in [5.74, 6) is 3.03. The normalized spacial score (nSPS) is 11.2. The maximum atomic E-state index is 5.30. The Morgan fingerprint density at radius 1 is 1.42 bits per heavy atom. The predicted octanol–water partition coefficient (Wildman–Crippen LogP) is 1.94. The molecule has 1 unspecified atom stereocenters. The van der Waals surface area contributed by atoms with Crippen LogP contribution in [0.25, 0.3) is 0 Å². The molecule has 0 aliphatic heterocycles. The average molecular weight is 200 g/mol. The van der Waals surface area contributed by atoms with Crippen molar-refractivity contribution >= 4 is 35.7 Å². The SMILES string of the molecule is CCC(C)C.[CH2]=[Al][CH](C)[O][AlH][CH3]. The van der Waals surface area contributed by atoms with Crippen LogP contribution in [-0.2, 0) is 3.79 Å². The van der Waals surface area contributed by atoms with Crippen molar-refractivity contribution in [2.45, 2.75) is 44.9 Å². The molecule has 0 aromatic carbocycles. The van der Waals surface area contributed by atoms with E-state index in [2.05, 4.69) is 38.9 Å². The second kappa shape index (κ2) is 11.9. The Balaban J connectivity index is 0. The molecule has 0 aliphatic carbocycles. The van der Waals surface area contributed by atoms with Gasteiger partial charge in [0.15, 0.2) is 0 Å². The fourth-order valence-corrected chi connectivity index (χ4v) is 1.98. The fraction of sp³-hybridized carbons (Fsp3) is 0.889. The monoisotopic (exact) mass is 200 g/mol. The van der Waals surface area contributed by atoms with Crippen molar-refractivity contribution in [2.75, 3.05) is 0 Å². The summed E-state index contributed by atoms with van der Waals surface area (Å²) in [6.07, 6.45) is 1.31. The van der Waals surface area contributed by atoms with E-state index >= 15 is 0 Å². The molecule has 0 spiro atoms. The van der Waals surface area contributed by atoms with Crippen molar-refractivity contribution in [3.05, 3.63) is 0 Å². The second-order valence-corrected chi connectivity index (χ2v) is 5.52. The predicted molar refractivity (Wildman–Crippen MR) is 61.6 cm³/mol. The molecule has 0 fully saturated rings. The van der Waals surface area contributed by atoms with Crippen molar-refractivity contribution in [1.29, 1.82) is 0 Å². The molecule has 0 amide bonds. The van der Waals surface area contributed by atoms with Gasteiger partial charge in [-0.2, -0.15) is 0 Å². The van der Waals surface area contributed by atoms with Crippen LogP contribution in [0, 0.1) is 5.92 Å². The van der Waals surface area contributed by atoms with Crippen molar-refractivity contribution in [3.8, 4) is 0 Å². The molecule has 0 rings (SSSR count). The average Bonchev–Trinajstić information content (AvgIpc) is 2.06. The van der Waals surface area contributed by atoms with Crippen LogP contribution in [0.1, 0.15) is 34.1 Å². The minimum absolute atomic E-state index is 0.164. The van der Waals surface area contributed by atoms with Gasteiger partial charge in [0.2, 0.25) is 0 Å². The van der Waals surface area contributed by atoms with Gasteiger partial charge in [0.1, 0.15) is 0 Å². The van der Waals surface area contributed by atoms with E-state index in [1.165, 1.54) is 6.42 Å². The van der Waals surface area contributed by atoms with Crippen LogP contribution in [0.5, 0.6) is 0 Å². The molecule has 1 nitrogen and oxygen atoms in total. The van der Waals surface area contributed by atoms with Gasteiger partial charge >= 0.3 is 57.2 Å². The first-order valence-corrected chi connectivity index (χ1v) is 8.30. The molecule has 0 N–H and O–H groups in total. The number of hydrogen-bond acceptors (Lipinski definition) is 1. The Morgan fingerprint density at radius 3 is 1.92 bits per heavy atom. The minimum atomic E-state index is -0.164. The summed E-state index contributed by atoms with van der Waals surface area (Å²) in [5, 5.41) is 3.78. The number of hydrogen-bond donors (Lipinski definition) is 0. The molecule has 3 heteroatoms. The van der Waals surface area contributed by atoms with Gasteiger partial charge in [-0.15, -0.1) is 0 Å². The topological polar surface area (TPSA) is 9.23 Å². The molecule has 0 saturated carbocycles. The summed E-state index contributed by atoms with van der Waals surface area (Å²) < 4.78 is 5.30. The molecule has 0 aromatic rings. The van der Waals surface area contributed by atoms with Crippen LogP contribution in [-0.4, -0.2) is 40.7 Å². The van der Waals surface area contributed by atoms with Crippen molar-refractivity contribution in [2.24, 2.45) is 5.92 Å². The Morgan fingerprint density at radius 2 is 1.83 bits per heavy atom. The summed E-state index contributed by atoms with van der Waals surface area (Å²) in [6.45, 7) is 8.74. The molecular weight excluding hydrogens is 178 g/mol. The van der Waals surface area contributed by atoms with Gasteiger partial charge in [-0.05, 0) is 5.92 Å². The van der Waals surface area contributed by atoms with Crippen molar-refractivity contribution in [3.63, 3.8) is 0 Å². The van der Waals surface area contributed by atoms with Crippen LogP contribution in [0.15, 0.2) is 0 Å². The fourth-order valence-electron chi connectivity index (χ4n) is 0.331. The third-order valence-corrected chi connectivity index (χ3v) is 3.68. The van der Waals surface area contributed by atoms with Gasteiger partial charge in [-0.1, -0.05) is 27.2 Å². The molecule has 1 atom stereocenters. The molecule has 12 heavy (non-hydrogen) atoms. The van der Waals surface area contributed by atoms with Gasteiger partial charge < -0.3 is 0 Å². The molecular formula is C9H22Al2O. The zero-order valence-electron chi connectivity index (χ0n) is 9.26. The number of rotatable bonds is 4. The van der Waals surface area contributed by atoms with Crippen molar-refractivity contribution in [1.82, 2.24) is 0 Å². The van der Waals surface area contributed by atoms with Gasteiger partial charge in [0.05, 0.1) is 0 Å². The van der Waals surface area contributed by atoms with Gasteiger partial charge in [0, 0.05) is 0 Å². The molecule has 0 aromatic heterocycles. The van der Waals surface area contributed by atoms with Gasteiger partial charge in [0.25, 0.3) is 0 Å². The second-order valence-electron chi connectivity index (χ2n) is 3.20. The summed E-state index contributed by atoms with van der Waals surface area (Å²) in [5.41, 5.74) is 0. The van der Waals surface area contributed by atoms with E-state index in [0.29, 0.717) is 19.7 Å². The zero-order valence-corrected chi connectivity index (χ0v) is 11.8. The quantitative estimate of drug-likeness (QED) is 0.630. The summed E-state index contributed by atoms with van der Waals surface area (Å²) >= 11 is 0.132. The zero-order chi connectivity index (χ0) is 9.98. The van der Waals surface area contributed by atoms with E-state index in [-0.39, 0.29) is 15.6 Å². The third-order valence-electron chi connectivity index (χ3n) is 1.58. The van der Waals surface area contributed by atoms with E-state index in [1.54, 1.807) is 0 Å². The first-order chi connectivity index (χ1) is 5.58. The Kier molecular flexibility index (Phi) is 15.2. The van der Waals surface area contributed by atoms with E-state index in [1.807, 2.05) is 0 Å². The molecule has 70 valence electrons. The van der Waals surface area contributed by atoms with Gasteiger partial charge in [-0.25, -0.2) is 0 Å². The molecule has 0 aliphatic rings. The van der Waals surface area contributed by atoms with E-state index < -0.39 is 0 Å². The maximum absolute atomic E-state index is 5.30. The summed E-state index contributed by atoms with van der Waals surface area (Å²) in [4.78, 5) is 0.483. The third kappa shape index (κ3) is 17.1. The van der Waals surface area contributed by atoms with Crippen LogP contribution < -0.4 is 0 Å². The standard InChI is InChI=1S/C5H12.C2H4O.CH3.CH2.2Al.H/c1-4-5(2)3;1-2-3;;;;;/h5H,4H2,1-3H3;2H,1H3;1H3;1H2;;;/q;-1;;;;+1;. The Bertz CT molecular complexity index is 94.5. The van der Waals surface area contributed by atoms with Crippen LogP contribution in [0.4, 0.5) is 0 Å².